The average molecular weight is 408 g/mol. The molecule has 0 aliphatic heterocycles. The summed E-state index contributed by atoms with van der Waals surface area (Å²) in [4.78, 5) is 4.58. The third kappa shape index (κ3) is 4.54. The zero-order valence-electron chi connectivity index (χ0n) is 16.9. The molecule has 4 aromatic rings. The van der Waals surface area contributed by atoms with Crippen LogP contribution in [0.2, 0.25) is 0 Å². The molecule has 0 aliphatic carbocycles. The van der Waals surface area contributed by atoms with E-state index in [1.54, 1.807) is 7.11 Å². The molecule has 0 fully saturated rings. The molecule has 1 heterocycles. The number of benzene rings is 3. The summed E-state index contributed by atoms with van der Waals surface area (Å²) in [7, 11) is 1.68. The normalized spacial score (nSPS) is 10.8. The summed E-state index contributed by atoms with van der Waals surface area (Å²) in [6.45, 7) is 5.23. The van der Waals surface area contributed by atoms with Crippen molar-refractivity contribution in [3.8, 4) is 11.4 Å². The lowest BCUT2D eigenvalue weighted by atomic mass is 10.0. The highest BCUT2D eigenvalue weighted by atomic mass is 35.5. The minimum absolute atomic E-state index is 0. The Labute approximate surface area is 178 Å². The fourth-order valence-corrected chi connectivity index (χ4v) is 3.30. The molecule has 0 saturated carbocycles. The first-order valence-corrected chi connectivity index (χ1v) is 9.58. The van der Waals surface area contributed by atoms with Crippen LogP contribution in [0, 0.1) is 0 Å². The van der Waals surface area contributed by atoms with Gasteiger partial charge in [-0.15, -0.1) is 12.4 Å². The molecule has 0 saturated heterocycles. The molecule has 0 unspecified atom stereocenters. The van der Waals surface area contributed by atoms with Crippen molar-refractivity contribution in [3.05, 3.63) is 84.2 Å². The summed E-state index contributed by atoms with van der Waals surface area (Å²) in [5.41, 5.74) is 6.82. The molecule has 0 aliphatic rings. The monoisotopic (exact) mass is 407 g/mol. The summed E-state index contributed by atoms with van der Waals surface area (Å²) in [5, 5.41) is 3.50. The van der Waals surface area contributed by atoms with E-state index in [-0.39, 0.29) is 12.4 Å². The number of ether oxygens (including phenoxy) is 1. The van der Waals surface area contributed by atoms with E-state index in [0.717, 1.165) is 34.7 Å². The minimum atomic E-state index is 0. The number of imidazole rings is 1. The largest absolute Gasteiger partial charge is 0.497 e. The SMILES string of the molecule is COc1ccc(-n2cnc3cc(NCc4ccc(C(C)C)cc4)ccc32)cc1.Cl. The first-order valence-electron chi connectivity index (χ1n) is 9.58. The van der Waals surface area contributed by atoms with Crippen LogP contribution in [0.1, 0.15) is 30.9 Å². The molecule has 4 nitrogen and oxygen atoms in total. The van der Waals surface area contributed by atoms with Crippen molar-refractivity contribution < 1.29 is 4.74 Å². The van der Waals surface area contributed by atoms with Crippen LogP contribution in [-0.4, -0.2) is 16.7 Å². The van der Waals surface area contributed by atoms with Crippen molar-refractivity contribution >= 4 is 29.1 Å². The summed E-state index contributed by atoms with van der Waals surface area (Å²) >= 11 is 0. The van der Waals surface area contributed by atoms with Gasteiger partial charge in [0.05, 0.1) is 18.1 Å². The van der Waals surface area contributed by atoms with Crippen LogP contribution in [0.3, 0.4) is 0 Å². The Kier molecular flexibility index (Phi) is 6.45. The van der Waals surface area contributed by atoms with Gasteiger partial charge in [-0.05, 0) is 59.5 Å². The fourth-order valence-electron chi connectivity index (χ4n) is 3.30. The van der Waals surface area contributed by atoms with Crippen molar-refractivity contribution in [2.24, 2.45) is 0 Å². The fraction of sp³-hybridized carbons (Fsp3) is 0.208. The van der Waals surface area contributed by atoms with Gasteiger partial charge >= 0.3 is 0 Å². The van der Waals surface area contributed by atoms with E-state index in [0.29, 0.717) is 5.92 Å². The topological polar surface area (TPSA) is 39.1 Å². The first-order chi connectivity index (χ1) is 13.6. The summed E-state index contributed by atoms with van der Waals surface area (Å²) in [6.07, 6.45) is 1.86. The number of aromatic nitrogens is 2. The van der Waals surface area contributed by atoms with Crippen molar-refractivity contribution in [2.45, 2.75) is 26.3 Å². The van der Waals surface area contributed by atoms with E-state index in [9.17, 15) is 0 Å². The number of rotatable bonds is 6. The Hall–Kier alpha value is -2.98. The molecule has 0 atom stereocenters. The van der Waals surface area contributed by atoms with Gasteiger partial charge in [0.15, 0.2) is 0 Å². The standard InChI is InChI=1S/C24H25N3O.ClH/c1-17(2)19-6-4-18(5-7-19)15-25-20-8-13-24-23(14-20)26-16-27(24)21-9-11-22(28-3)12-10-21;/h4-14,16-17,25H,15H2,1-3H3;1H. The lowest BCUT2D eigenvalue weighted by molar-refractivity contribution is 0.415. The van der Waals surface area contributed by atoms with Crippen LogP contribution < -0.4 is 10.1 Å². The van der Waals surface area contributed by atoms with Gasteiger partial charge in [0, 0.05) is 17.9 Å². The number of hydrogen-bond acceptors (Lipinski definition) is 3. The summed E-state index contributed by atoms with van der Waals surface area (Å²) < 4.78 is 7.32. The molecule has 150 valence electrons. The quantitative estimate of drug-likeness (QED) is 0.414. The van der Waals surface area contributed by atoms with Crippen LogP contribution in [0.5, 0.6) is 5.75 Å². The number of halogens is 1. The van der Waals surface area contributed by atoms with E-state index in [1.807, 2.05) is 30.6 Å². The number of nitrogens with zero attached hydrogens (tertiary/aromatic N) is 2. The predicted octanol–water partition coefficient (Wildman–Crippen LogP) is 6.19. The van der Waals surface area contributed by atoms with Gasteiger partial charge in [0.25, 0.3) is 0 Å². The zero-order valence-corrected chi connectivity index (χ0v) is 17.7. The van der Waals surface area contributed by atoms with Gasteiger partial charge in [0.1, 0.15) is 12.1 Å². The first kappa shape index (κ1) is 20.7. The Morgan fingerprint density at radius 3 is 2.34 bits per heavy atom. The molecule has 4 rings (SSSR count). The highest BCUT2D eigenvalue weighted by molar-refractivity contribution is 5.85. The summed E-state index contributed by atoms with van der Waals surface area (Å²) in [5.74, 6) is 1.41. The van der Waals surface area contributed by atoms with Crippen LogP contribution in [0.4, 0.5) is 5.69 Å². The van der Waals surface area contributed by atoms with Crippen molar-refractivity contribution in [2.75, 3.05) is 12.4 Å². The maximum absolute atomic E-state index is 5.24. The van der Waals surface area contributed by atoms with Crippen molar-refractivity contribution in [1.29, 1.82) is 0 Å². The third-order valence-corrected chi connectivity index (χ3v) is 5.04. The lowest BCUT2D eigenvalue weighted by Crippen LogP contribution is -2.00. The number of methoxy groups -OCH3 is 1. The molecule has 0 amide bonds. The second-order valence-electron chi connectivity index (χ2n) is 7.27. The molecule has 0 spiro atoms. The maximum Gasteiger partial charge on any atom is 0.119 e. The lowest BCUT2D eigenvalue weighted by Gasteiger charge is -2.10. The summed E-state index contributed by atoms with van der Waals surface area (Å²) in [6, 6.07) is 23.1. The number of hydrogen-bond donors (Lipinski definition) is 1. The van der Waals surface area contributed by atoms with Gasteiger partial charge in [-0.3, -0.25) is 4.57 Å². The van der Waals surface area contributed by atoms with Crippen molar-refractivity contribution in [1.82, 2.24) is 9.55 Å². The van der Waals surface area contributed by atoms with E-state index in [1.165, 1.54) is 11.1 Å². The van der Waals surface area contributed by atoms with Gasteiger partial charge in [-0.1, -0.05) is 38.1 Å². The smallest absolute Gasteiger partial charge is 0.119 e. The minimum Gasteiger partial charge on any atom is -0.497 e. The Balaban J connectivity index is 0.00000240. The van der Waals surface area contributed by atoms with Gasteiger partial charge < -0.3 is 10.1 Å². The van der Waals surface area contributed by atoms with Gasteiger partial charge in [-0.25, -0.2) is 4.98 Å². The van der Waals surface area contributed by atoms with Gasteiger partial charge in [-0.2, -0.15) is 0 Å². The third-order valence-electron chi connectivity index (χ3n) is 5.04. The highest BCUT2D eigenvalue weighted by Crippen LogP contribution is 2.23. The number of nitrogens with one attached hydrogen (secondary N) is 1. The Morgan fingerprint density at radius 2 is 1.69 bits per heavy atom. The Bertz CT molecular complexity index is 1070. The second-order valence-corrected chi connectivity index (χ2v) is 7.27. The second kappa shape index (κ2) is 9.01. The molecule has 29 heavy (non-hydrogen) atoms. The van der Waals surface area contributed by atoms with Crippen LogP contribution >= 0.6 is 12.4 Å². The molecule has 0 radical (unpaired) electrons. The van der Waals surface area contributed by atoms with E-state index >= 15 is 0 Å². The molecule has 1 aromatic heterocycles. The predicted molar refractivity (Wildman–Crippen MR) is 123 cm³/mol. The van der Waals surface area contributed by atoms with E-state index < -0.39 is 0 Å². The molecule has 3 aromatic carbocycles. The molecule has 5 heteroatoms. The Morgan fingerprint density at radius 1 is 0.966 bits per heavy atom. The molecular weight excluding hydrogens is 382 g/mol. The van der Waals surface area contributed by atoms with Crippen LogP contribution in [-0.2, 0) is 6.54 Å². The van der Waals surface area contributed by atoms with Gasteiger partial charge in [0.2, 0.25) is 0 Å². The maximum atomic E-state index is 5.24. The highest BCUT2D eigenvalue weighted by Gasteiger charge is 2.06. The van der Waals surface area contributed by atoms with Crippen molar-refractivity contribution in [3.63, 3.8) is 0 Å². The van der Waals surface area contributed by atoms with Crippen LogP contribution in [0.15, 0.2) is 73.1 Å². The molecular formula is C24H26ClN3O. The average Bonchev–Trinajstić information content (AvgIpc) is 3.16. The van der Waals surface area contributed by atoms with E-state index in [2.05, 4.69) is 71.2 Å². The van der Waals surface area contributed by atoms with Crippen LogP contribution in [0.25, 0.3) is 16.7 Å². The van der Waals surface area contributed by atoms with E-state index in [4.69, 9.17) is 4.74 Å². The molecule has 1 N–H and O–H groups in total. The zero-order chi connectivity index (χ0) is 19.5. The number of fused-ring (bicyclic) bond motifs is 1. The number of anilines is 1. The molecule has 0 bridgehead atoms.